The second-order valence-electron chi connectivity index (χ2n) is 3.94. The van der Waals surface area contributed by atoms with Gasteiger partial charge in [0.2, 0.25) is 0 Å². The van der Waals surface area contributed by atoms with Gasteiger partial charge in [0.25, 0.3) is 0 Å². The minimum absolute atomic E-state index is 0.814. The third-order valence-corrected chi connectivity index (χ3v) is 3.16. The quantitative estimate of drug-likeness (QED) is 0.725. The molecule has 0 unspecified atom stereocenters. The van der Waals surface area contributed by atoms with E-state index in [0.29, 0.717) is 0 Å². The standard InChI is InChI=1S/C11H21N3S/c1-10-13-11(9-15-10)8-14(2)7-5-3-4-6-12/h9H,3-8,12H2,1-2H3. The van der Waals surface area contributed by atoms with Gasteiger partial charge in [0.15, 0.2) is 0 Å². The van der Waals surface area contributed by atoms with Crippen molar-refractivity contribution < 1.29 is 0 Å². The third-order valence-electron chi connectivity index (χ3n) is 2.34. The van der Waals surface area contributed by atoms with Crippen LogP contribution in [0.4, 0.5) is 0 Å². The SMILES string of the molecule is Cc1nc(CN(C)CCCCCN)cs1. The van der Waals surface area contributed by atoms with Gasteiger partial charge in [-0.15, -0.1) is 11.3 Å². The molecule has 1 aromatic heterocycles. The molecular weight excluding hydrogens is 206 g/mol. The normalized spacial score (nSPS) is 11.2. The smallest absolute Gasteiger partial charge is 0.0897 e. The molecule has 2 N–H and O–H groups in total. The molecule has 0 aliphatic rings. The number of aryl methyl sites for hydroxylation is 1. The van der Waals surface area contributed by atoms with E-state index in [4.69, 9.17) is 5.73 Å². The molecule has 0 amide bonds. The van der Waals surface area contributed by atoms with E-state index >= 15 is 0 Å². The maximum Gasteiger partial charge on any atom is 0.0897 e. The Balaban J connectivity index is 2.15. The second-order valence-corrected chi connectivity index (χ2v) is 5.01. The number of aromatic nitrogens is 1. The predicted molar refractivity (Wildman–Crippen MR) is 66.1 cm³/mol. The van der Waals surface area contributed by atoms with Gasteiger partial charge >= 0.3 is 0 Å². The molecule has 0 aliphatic heterocycles. The lowest BCUT2D eigenvalue weighted by Crippen LogP contribution is -2.19. The van der Waals surface area contributed by atoms with E-state index in [2.05, 4.69) is 29.2 Å². The lowest BCUT2D eigenvalue weighted by atomic mass is 10.2. The fourth-order valence-corrected chi connectivity index (χ4v) is 2.14. The van der Waals surface area contributed by atoms with Crippen LogP contribution in [0.25, 0.3) is 0 Å². The van der Waals surface area contributed by atoms with Crippen LogP contribution >= 0.6 is 11.3 Å². The number of hydrogen-bond acceptors (Lipinski definition) is 4. The van der Waals surface area contributed by atoms with Gasteiger partial charge in [-0.05, 0) is 39.9 Å². The van der Waals surface area contributed by atoms with Crippen molar-refractivity contribution in [3.63, 3.8) is 0 Å². The maximum atomic E-state index is 5.45. The highest BCUT2D eigenvalue weighted by atomic mass is 32.1. The zero-order valence-corrected chi connectivity index (χ0v) is 10.5. The molecule has 1 aromatic rings. The molecular formula is C11H21N3S. The van der Waals surface area contributed by atoms with Gasteiger partial charge in [-0.3, -0.25) is 0 Å². The molecule has 0 saturated carbocycles. The molecule has 3 nitrogen and oxygen atoms in total. The largest absolute Gasteiger partial charge is 0.330 e. The Bertz CT molecular complexity index is 273. The summed E-state index contributed by atoms with van der Waals surface area (Å²) >= 11 is 1.72. The van der Waals surface area contributed by atoms with Crippen LogP contribution < -0.4 is 5.73 Å². The van der Waals surface area contributed by atoms with Gasteiger partial charge in [-0.1, -0.05) is 6.42 Å². The molecule has 86 valence electrons. The Kier molecular flexibility index (Phi) is 5.83. The van der Waals surface area contributed by atoms with Crippen LogP contribution in [0.3, 0.4) is 0 Å². The molecule has 0 bridgehead atoms. The van der Waals surface area contributed by atoms with E-state index in [-0.39, 0.29) is 0 Å². The first-order chi connectivity index (χ1) is 7.22. The number of thiazole rings is 1. The Labute approximate surface area is 96.3 Å². The van der Waals surface area contributed by atoms with E-state index in [1.54, 1.807) is 11.3 Å². The summed E-state index contributed by atoms with van der Waals surface area (Å²) in [5.74, 6) is 0. The monoisotopic (exact) mass is 227 g/mol. The fraction of sp³-hybridized carbons (Fsp3) is 0.727. The van der Waals surface area contributed by atoms with Crippen molar-refractivity contribution in [2.24, 2.45) is 5.73 Å². The van der Waals surface area contributed by atoms with Gasteiger partial charge < -0.3 is 10.6 Å². The topological polar surface area (TPSA) is 42.2 Å². The summed E-state index contributed by atoms with van der Waals surface area (Å²) in [6, 6.07) is 0. The van der Waals surface area contributed by atoms with Crippen LogP contribution in [0.5, 0.6) is 0 Å². The summed E-state index contributed by atoms with van der Waals surface area (Å²) in [7, 11) is 2.15. The summed E-state index contributed by atoms with van der Waals surface area (Å²) in [5.41, 5.74) is 6.64. The summed E-state index contributed by atoms with van der Waals surface area (Å²) in [6.07, 6.45) is 3.61. The zero-order chi connectivity index (χ0) is 11.1. The Morgan fingerprint density at radius 3 is 2.80 bits per heavy atom. The van der Waals surface area contributed by atoms with Crippen LogP contribution in [-0.2, 0) is 6.54 Å². The van der Waals surface area contributed by atoms with Crippen molar-refractivity contribution in [1.82, 2.24) is 9.88 Å². The van der Waals surface area contributed by atoms with E-state index in [1.807, 2.05) is 0 Å². The molecule has 0 radical (unpaired) electrons. The van der Waals surface area contributed by atoms with Crippen LogP contribution in [0.15, 0.2) is 5.38 Å². The molecule has 0 spiro atoms. The van der Waals surface area contributed by atoms with E-state index in [9.17, 15) is 0 Å². The minimum atomic E-state index is 0.814. The second kappa shape index (κ2) is 6.93. The van der Waals surface area contributed by atoms with Gasteiger partial charge in [0, 0.05) is 11.9 Å². The van der Waals surface area contributed by atoms with Crippen molar-refractivity contribution in [1.29, 1.82) is 0 Å². The van der Waals surface area contributed by atoms with Crippen LogP contribution in [0, 0.1) is 6.92 Å². The molecule has 1 heterocycles. The van der Waals surface area contributed by atoms with Crippen molar-refractivity contribution in [3.8, 4) is 0 Å². The lowest BCUT2D eigenvalue weighted by Gasteiger charge is -2.14. The number of rotatable bonds is 7. The average Bonchev–Trinajstić information content (AvgIpc) is 2.59. The van der Waals surface area contributed by atoms with E-state index < -0.39 is 0 Å². The van der Waals surface area contributed by atoms with Crippen molar-refractivity contribution >= 4 is 11.3 Å². The van der Waals surface area contributed by atoms with Crippen LogP contribution in [0.1, 0.15) is 30.0 Å². The third kappa shape index (κ3) is 5.25. The Morgan fingerprint density at radius 2 is 2.20 bits per heavy atom. The average molecular weight is 227 g/mol. The van der Waals surface area contributed by atoms with Crippen molar-refractivity contribution in [3.05, 3.63) is 16.1 Å². The maximum absolute atomic E-state index is 5.45. The number of unbranched alkanes of at least 4 members (excludes halogenated alkanes) is 2. The first kappa shape index (κ1) is 12.6. The van der Waals surface area contributed by atoms with E-state index in [0.717, 1.165) is 31.1 Å². The van der Waals surface area contributed by atoms with E-state index in [1.165, 1.54) is 18.5 Å². The minimum Gasteiger partial charge on any atom is -0.330 e. The van der Waals surface area contributed by atoms with Gasteiger partial charge in [-0.25, -0.2) is 4.98 Å². The van der Waals surface area contributed by atoms with Crippen molar-refractivity contribution in [2.45, 2.75) is 32.7 Å². The van der Waals surface area contributed by atoms with Crippen molar-refractivity contribution in [2.75, 3.05) is 20.1 Å². The van der Waals surface area contributed by atoms with Crippen LogP contribution in [0.2, 0.25) is 0 Å². The molecule has 15 heavy (non-hydrogen) atoms. The van der Waals surface area contributed by atoms with Gasteiger partial charge in [0.05, 0.1) is 10.7 Å². The number of nitrogens with two attached hydrogens (primary N) is 1. The molecule has 1 rings (SSSR count). The lowest BCUT2D eigenvalue weighted by molar-refractivity contribution is 0.314. The highest BCUT2D eigenvalue weighted by molar-refractivity contribution is 7.09. The molecule has 0 aromatic carbocycles. The summed E-state index contributed by atoms with van der Waals surface area (Å²) in [6.45, 7) is 4.97. The van der Waals surface area contributed by atoms with Gasteiger partial charge in [-0.2, -0.15) is 0 Å². The Hall–Kier alpha value is -0.450. The summed E-state index contributed by atoms with van der Waals surface area (Å²) in [4.78, 5) is 6.78. The molecule has 0 aliphatic carbocycles. The van der Waals surface area contributed by atoms with Gasteiger partial charge in [0.1, 0.15) is 0 Å². The number of hydrogen-bond donors (Lipinski definition) is 1. The fourth-order valence-electron chi connectivity index (χ4n) is 1.54. The highest BCUT2D eigenvalue weighted by Crippen LogP contribution is 2.10. The van der Waals surface area contributed by atoms with Crippen LogP contribution in [-0.4, -0.2) is 30.0 Å². The first-order valence-electron chi connectivity index (χ1n) is 5.52. The first-order valence-corrected chi connectivity index (χ1v) is 6.40. The zero-order valence-electron chi connectivity index (χ0n) is 9.70. The molecule has 0 atom stereocenters. The molecule has 0 saturated heterocycles. The number of nitrogens with zero attached hydrogens (tertiary/aromatic N) is 2. The summed E-state index contributed by atoms with van der Waals surface area (Å²) < 4.78 is 0. The summed E-state index contributed by atoms with van der Waals surface area (Å²) in [5, 5.41) is 3.30. The molecule has 4 heteroatoms. The Morgan fingerprint density at radius 1 is 1.40 bits per heavy atom. The molecule has 0 fully saturated rings. The highest BCUT2D eigenvalue weighted by Gasteiger charge is 2.02. The predicted octanol–water partition coefficient (Wildman–Crippen LogP) is 2.01.